The summed E-state index contributed by atoms with van der Waals surface area (Å²) in [5.41, 5.74) is 6.31. The topological polar surface area (TPSA) is 0 Å². The first-order chi connectivity index (χ1) is 18.9. The predicted molar refractivity (Wildman–Crippen MR) is 198 cm³/mol. The van der Waals surface area contributed by atoms with Crippen molar-refractivity contribution in [3.63, 3.8) is 0 Å². The van der Waals surface area contributed by atoms with Crippen molar-refractivity contribution in [2.24, 2.45) is 0 Å². The lowest BCUT2D eigenvalue weighted by atomic mass is 10.2. The van der Waals surface area contributed by atoms with Crippen LogP contribution in [0.3, 0.4) is 0 Å². The van der Waals surface area contributed by atoms with E-state index in [1.807, 2.05) is 121 Å². The Labute approximate surface area is 293 Å². The van der Waals surface area contributed by atoms with Crippen molar-refractivity contribution in [3.05, 3.63) is 149 Å². The Morgan fingerprint density at radius 2 is 0.311 bits per heavy atom. The van der Waals surface area contributed by atoms with Crippen molar-refractivity contribution in [2.75, 3.05) is 0 Å². The Kier molecular flexibility index (Phi) is 33.8. The van der Waals surface area contributed by atoms with Crippen LogP contribution >= 0.6 is 63.1 Å². The second kappa shape index (κ2) is 29.6. The van der Waals surface area contributed by atoms with Gasteiger partial charge in [-0.2, -0.15) is 0 Å². The van der Waals surface area contributed by atoms with Gasteiger partial charge in [-0.15, -0.1) is 0 Å². The molecule has 0 bridgehead atoms. The van der Waals surface area contributed by atoms with Gasteiger partial charge in [-0.05, 0) is 95.3 Å². The summed E-state index contributed by atoms with van der Waals surface area (Å²) < 4.78 is 0. The zero-order valence-electron chi connectivity index (χ0n) is 25.6. The van der Waals surface area contributed by atoms with Gasteiger partial charge in [0.05, 0.1) is 0 Å². The van der Waals surface area contributed by atoms with Gasteiger partial charge < -0.3 is 0 Å². The number of hydrogen-bond donors (Lipinski definition) is 0. The molecule has 0 atom stereocenters. The summed E-state index contributed by atoms with van der Waals surface area (Å²) in [5.74, 6) is 0. The third-order valence-electron chi connectivity index (χ3n) is 5.10. The summed E-state index contributed by atoms with van der Waals surface area (Å²) in [6.45, 7) is 10.3. The summed E-state index contributed by atoms with van der Waals surface area (Å²) in [5, 5.41) is 0. The van der Waals surface area contributed by atoms with Crippen LogP contribution in [0, 0.1) is 34.6 Å². The second-order valence-electron chi connectivity index (χ2n) is 9.07. The van der Waals surface area contributed by atoms with Crippen molar-refractivity contribution < 1.29 is 23.5 Å². The van der Waals surface area contributed by atoms with Crippen LogP contribution in [0.2, 0.25) is 0 Å². The second-order valence-corrected chi connectivity index (χ2v) is 11.4. The molecule has 5 rings (SSSR count). The fourth-order valence-corrected chi connectivity index (χ4v) is 3.37. The molecule has 0 fully saturated rings. The monoisotopic (exact) mass is 715 g/mol. The van der Waals surface area contributed by atoms with Gasteiger partial charge in [0.15, 0.2) is 0 Å². The fraction of sp³-hybridized carbons (Fsp3) is 0.143. The average Bonchev–Trinajstić information content (AvgIpc) is 2.94. The van der Waals surface area contributed by atoms with E-state index in [4.69, 9.17) is 63.1 Å². The van der Waals surface area contributed by atoms with Gasteiger partial charge >= 0.3 is 0 Å². The Morgan fingerprint density at radius 3 is 0.378 bits per heavy atom. The third kappa shape index (κ3) is 28.1. The normalized spacial score (nSPS) is 8.11. The van der Waals surface area contributed by atoms with E-state index in [0.29, 0.717) is 0 Å². The molecule has 0 aliphatic rings. The Bertz CT molecular complexity index is 991. The van der Waals surface area contributed by atoms with Gasteiger partial charge in [0, 0.05) is 24.5 Å². The van der Waals surface area contributed by atoms with Gasteiger partial charge in [-0.1, -0.05) is 152 Å². The van der Waals surface area contributed by atoms with E-state index in [1.165, 1.54) is 27.8 Å². The van der Waals surface area contributed by atoms with Crippen molar-refractivity contribution >= 4 is 63.1 Å². The smallest absolute Gasteiger partial charge is 0.0377 e. The molecule has 5 aromatic rings. The number of benzene rings is 5. The molecule has 5 radical (unpaired) electrons. The van der Waals surface area contributed by atoms with Crippen LogP contribution in [-0.4, -0.2) is 0 Å². The van der Waals surface area contributed by atoms with Gasteiger partial charge in [0.1, 0.15) is 0 Å². The van der Waals surface area contributed by atoms with Gasteiger partial charge in [0.25, 0.3) is 0 Å². The summed E-state index contributed by atoms with van der Waals surface area (Å²) in [6, 6.07) is 39.5. The maximum absolute atomic E-state index is 4.87. The number of halogens is 5. The first kappa shape index (κ1) is 51.4. The highest BCUT2D eigenvalue weighted by molar-refractivity contribution is 7.81. The molecular weight excluding hydrogens is 676 g/mol. The zero-order valence-corrected chi connectivity index (χ0v) is 29.7. The molecule has 0 saturated carbocycles. The maximum Gasteiger partial charge on any atom is 0.0377 e. The van der Waals surface area contributed by atoms with Gasteiger partial charge in [-0.25, -0.2) is 0 Å². The van der Waals surface area contributed by atoms with Crippen LogP contribution < -0.4 is 0 Å². The van der Waals surface area contributed by atoms with E-state index >= 15 is 0 Å². The molecule has 0 spiro atoms. The van der Waals surface area contributed by atoms with E-state index in [2.05, 4.69) is 34.6 Å². The predicted octanol–water partition coefficient (Wildman–Crippen LogP) is 13.5. The minimum atomic E-state index is 0. The number of rotatable bonds is 0. The molecule has 5 aromatic carbocycles. The molecule has 245 valence electrons. The first-order valence-electron chi connectivity index (χ1n) is 12.6. The lowest BCUT2D eigenvalue weighted by Crippen LogP contribution is -1.67. The van der Waals surface area contributed by atoms with Crippen molar-refractivity contribution in [1.29, 1.82) is 0 Å². The van der Waals surface area contributed by atoms with Crippen LogP contribution in [-0.2, 0) is 0 Å². The molecule has 0 nitrogen and oxygen atoms in total. The zero-order chi connectivity index (χ0) is 29.9. The molecule has 0 N–H and O–H groups in total. The molecule has 0 aliphatic carbocycles. The summed E-state index contributed by atoms with van der Waals surface area (Å²) >= 11 is 24.4. The molecule has 45 heavy (non-hydrogen) atoms. The number of aryl methyl sites for hydroxylation is 5. The van der Waals surface area contributed by atoms with Crippen molar-refractivity contribution in [2.45, 2.75) is 59.1 Å². The Morgan fingerprint density at radius 1 is 0.222 bits per heavy atom. The van der Waals surface area contributed by atoms with Crippen molar-refractivity contribution in [3.8, 4) is 0 Å². The van der Waals surface area contributed by atoms with Crippen LogP contribution in [0.1, 0.15) is 27.8 Å². The third-order valence-corrected chi connectivity index (χ3v) is 6.47. The largest absolute Gasteiger partial charge is 0.269 e. The minimum Gasteiger partial charge on any atom is -0.269 e. The molecule has 0 aromatic heterocycles. The van der Waals surface area contributed by atoms with Gasteiger partial charge in [-0.3, -0.25) is 23.5 Å². The molecule has 0 amide bonds. The number of hydrogen-bond acceptors (Lipinski definition) is 0. The summed E-state index contributed by atoms with van der Waals surface area (Å²) in [6.07, 6.45) is 0. The van der Waals surface area contributed by atoms with E-state index in [0.717, 1.165) is 24.5 Å². The lowest BCUT2D eigenvalue weighted by molar-refractivity contribution is 1.11. The van der Waals surface area contributed by atoms with E-state index in [-0.39, 0.29) is 23.5 Å². The molecule has 0 unspecified atom stereocenters. The Hall–Kier alpha value is -3.15. The highest BCUT2D eigenvalue weighted by Gasteiger charge is 1.84. The fourth-order valence-electron chi connectivity index (χ4n) is 2.69. The maximum atomic E-state index is 4.87. The quantitative estimate of drug-likeness (QED) is 0.140. The molecule has 0 heterocycles. The van der Waals surface area contributed by atoms with E-state index < -0.39 is 0 Å². The molecule has 10 heteroatoms. The molecule has 0 saturated heterocycles. The minimum absolute atomic E-state index is 0. The van der Waals surface area contributed by atoms with Crippen LogP contribution in [0.5, 0.6) is 0 Å². The molecular formula is C35H40F5S5. The summed E-state index contributed by atoms with van der Waals surface area (Å²) in [7, 11) is 0. The SMILES string of the molecule is Cc1ccc([S])cc1.Cc1ccc([S])cc1.Cc1ccc([S])cc1.Cc1ccc([S])cc1.Cc1ccc([S])cc1.F.F.F.F.F. The van der Waals surface area contributed by atoms with E-state index in [9.17, 15) is 0 Å². The lowest BCUT2D eigenvalue weighted by Gasteiger charge is -1.88. The average molecular weight is 716 g/mol. The van der Waals surface area contributed by atoms with E-state index in [1.54, 1.807) is 0 Å². The first-order valence-corrected chi connectivity index (χ1v) is 14.7. The van der Waals surface area contributed by atoms with Gasteiger partial charge in [0.2, 0.25) is 0 Å². The standard InChI is InChI=1S/5C7H7S.5FH/c5*1-6-2-4-7(8)5-3-6;;;;;/h5*2-5H,1H3;5*1H. The summed E-state index contributed by atoms with van der Waals surface area (Å²) in [4.78, 5) is 4.56. The van der Waals surface area contributed by atoms with Crippen LogP contribution in [0.4, 0.5) is 23.5 Å². The highest BCUT2D eigenvalue weighted by Crippen LogP contribution is 2.08. The Balaban J connectivity index is -0.000000144. The highest BCUT2D eigenvalue weighted by atomic mass is 32.1. The van der Waals surface area contributed by atoms with Crippen LogP contribution in [0.15, 0.2) is 146 Å². The van der Waals surface area contributed by atoms with Crippen molar-refractivity contribution in [1.82, 2.24) is 0 Å². The van der Waals surface area contributed by atoms with Crippen LogP contribution in [0.25, 0.3) is 0 Å². The molecule has 0 aliphatic heterocycles.